The van der Waals surface area contributed by atoms with Gasteiger partial charge in [-0.2, -0.15) is 39.5 Å². The van der Waals surface area contributed by atoms with Gasteiger partial charge in [-0.05, 0) is 48.4 Å². The molecule has 1 aromatic heterocycles. The van der Waals surface area contributed by atoms with E-state index in [1.54, 1.807) is 0 Å². The number of aromatic nitrogens is 1. The van der Waals surface area contributed by atoms with Crippen LogP contribution in [0.3, 0.4) is 0 Å². The highest BCUT2D eigenvalue weighted by molar-refractivity contribution is 5.52. The Morgan fingerprint density at radius 2 is 1.53 bits per heavy atom. The second-order valence-electron chi connectivity index (χ2n) is 8.03. The number of ether oxygens (including phenoxy) is 1. The molecular formula is C24H18F10N2O2. The highest BCUT2D eigenvalue weighted by Gasteiger charge is 2.39. The summed E-state index contributed by atoms with van der Waals surface area (Å²) >= 11 is 0. The summed E-state index contributed by atoms with van der Waals surface area (Å²) in [6, 6.07) is 8.40. The molecule has 0 aliphatic carbocycles. The number of anilines is 1. The van der Waals surface area contributed by atoms with Crippen LogP contribution in [0.2, 0.25) is 0 Å². The van der Waals surface area contributed by atoms with Crippen LogP contribution in [-0.4, -0.2) is 35.5 Å². The minimum atomic E-state index is -5.04. The van der Waals surface area contributed by atoms with Crippen molar-refractivity contribution in [2.45, 2.75) is 31.1 Å². The summed E-state index contributed by atoms with van der Waals surface area (Å²) in [5.74, 6) is -1.39. The first kappa shape index (κ1) is 29.0. The fraction of sp³-hybridized carbons (Fsp3) is 0.292. The lowest BCUT2D eigenvalue weighted by Gasteiger charge is -2.29. The standard InChI is InChI=1S/C24H18F10N2O2/c25-19-5-4-15(22(26,27)28)10-14(19)7-9-36(13-21(37)24(32,33)34)16-2-1-3-17(11-16)38-18-6-8-35-20(12-18)23(29,30)31/h1-6,8,10-12,21,37H,7,9,13H2/t21-/m1/s1. The van der Waals surface area contributed by atoms with Crippen molar-refractivity contribution in [3.63, 3.8) is 0 Å². The molecule has 38 heavy (non-hydrogen) atoms. The van der Waals surface area contributed by atoms with Crippen LogP contribution in [0.25, 0.3) is 0 Å². The Bertz CT molecular complexity index is 1240. The van der Waals surface area contributed by atoms with Gasteiger partial charge in [0.15, 0.2) is 6.10 Å². The average molecular weight is 556 g/mol. The maximum absolute atomic E-state index is 14.2. The number of hydrogen-bond donors (Lipinski definition) is 1. The van der Waals surface area contributed by atoms with Gasteiger partial charge in [-0.1, -0.05) is 6.07 Å². The van der Waals surface area contributed by atoms with Crippen LogP contribution in [0.1, 0.15) is 16.8 Å². The number of hydrogen-bond acceptors (Lipinski definition) is 4. The zero-order valence-electron chi connectivity index (χ0n) is 19.0. The van der Waals surface area contributed by atoms with Crippen molar-refractivity contribution >= 4 is 5.69 Å². The average Bonchev–Trinajstić information content (AvgIpc) is 2.81. The van der Waals surface area contributed by atoms with E-state index in [0.29, 0.717) is 24.3 Å². The summed E-state index contributed by atoms with van der Waals surface area (Å²) < 4.78 is 136. The van der Waals surface area contributed by atoms with Crippen LogP contribution < -0.4 is 9.64 Å². The predicted molar refractivity (Wildman–Crippen MR) is 115 cm³/mol. The molecule has 0 amide bonds. The van der Waals surface area contributed by atoms with Crippen LogP contribution in [0, 0.1) is 5.82 Å². The molecule has 206 valence electrons. The van der Waals surface area contributed by atoms with E-state index in [1.165, 1.54) is 18.2 Å². The van der Waals surface area contributed by atoms with Gasteiger partial charge in [0.25, 0.3) is 0 Å². The topological polar surface area (TPSA) is 45.6 Å². The smallest absolute Gasteiger partial charge is 0.433 e. The molecule has 0 bridgehead atoms. The van der Waals surface area contributed by atoms with Gasteiger partial charge in [-0.3, -0.25) is 4.98 Å². The summed E-state index contributed by atoms with van der Waals surface area (Å²) in [4.78, 5) is 4.13. The molecule has 3 aromatic rings. The molecule has 0 spiro atoms. The first-order valence-corrected chi connectivity index (χ1v) is 10.7. The Labute approximate surface area is 209 Å². The van der Waals surface area contributed by atoms with E-state index >= 15 is 0 Å². The largest absolute Gasteiger partial charge is 0.457 e. The van der Waals surface area contributed by atoms with E-state index in [-0.39, 0.29) is 17.2 Å². The van der Waals surface area contributed by atoms with Crippen molar-refractivity contribution in [1.82, 2.24) is 4.98 Å². The molecule has 0 unspecified atom stereocenters. The van der Waals surface area contributed by atoms with Crippen LogP contribution >= 0.6 is 0 Å². The van der Waals surface area contributed by atoms with E-state index in [4.69, 9.17) is 4.74 Å². The molecule has 14 heteroatoms. The Morgan fingerprint density at radius 3 is 2.16 bits per heavy atom. The lowest BCUT2D eigenvalue weighted by atomic mass is 10.1. The molecule has 1 N–H and O–H groups in total. The monoisotopic (exact) mass is 556 g/mol. The third-order valence-corrected chi connectivity index (χ3v) is 5.24. The summed E-state index contributed by atoms with van der Waals surface area (Å²) in [7, 11) is 0. The minimum Gasteiger partial charge on any atom is -0.457 e. The second kappa shape index (κ2) is 11.1. The fourth-order valence-corrected chi connectivity index (χ4v) is 3.35. The predicted octanol–water partition coefficient (Wildman–Crippen LogP) is 7.02. The molecule has 4 nitrogen and oxygen atoms in total. The van der Waals surface area contributed by atoms with E-state index in [0.717, 1.165) is 23.2 Å². The van der Waals surface area contributed by atoms with Gasteiger partial charge in [0.1, 0.15) is 23.0 Å². The number of benzene rings is 2. The molecule has 0 fully saturated rings. The number of halogens is 10. The van der Waals surface area contributed by atoms with Crippen molar-refractivity contribution in [3.8, 4) is 11.5 Å². The van der Waals surface area contributed by atoms with E-state index < -0.39 is 66.8 Å². The van der Waals surface area contributed by atoms with Crippen molar-refractivity contribution in [2.75, 3.05) is 18.0 Å². The van der Waals surface area contributed by atoms with E-state index in [9.17, 15) is 49.0 Å². The number of alkyl halides is 9. The summed E-state index contributed by atoms with van der Waals surface area (Å²) in [5.41, 5.74) is -2.84. The Hall–Kier alpha value is -3.55. The quantitative estimate of drug-likeness (QED) is 0.303. The lowest BCUT2D eigenvalue weighted by Crippen LogP contribution is -2.42. The van der Waals surface area contributed by atoms with Crippen LogP contribution in [0.15, 0.2) is 60.8 Å². The SMILES string of the molecule is O[C@H](CN(CCc1cc(C(F)(F)F)ccc1F)c1cccc(Oc2ccnc(C(F)(F)F)c2)c1)C(F)(F)F. The van der Waals surface area contributed by atoms with Gasteiger partial charge >= 0.3 is 18.5 Å². The number of aliphatic hydroxyl groups is 1. The summed E-state index contributed by atoms with van der Waals surface area (Å²) in [6.45, 7) is -1.52. The van der Waals surface area contributed by atoms with E-state index in [1.807, 2.05) is 0 Å². The highest BCUT2D eigenvalue weighted by Crippen LogP contribution is 2.33. The zero-order valence-corrected chi connectivity index (χ0v) is 19.0. The van der Waals surface area contributed by atoms with Gasteiger partial charge in [0, 0.05) is 30.6 Å². The van der Waals surface area contributed by atoms with Gasteiger partial charge in [-0.25, -0.2) is 4.39 Å². The molecule has 0 saturated carbocycles. The molecule has 0 radical (unpaired) electrons. The summed E-state index contributed by atoms with van der Waals surface area (Å²) in [5, 5.41) is 9.60. The zero-order chi connectivity index (χ0) is 28.3. The molecule has 0 saturated heterocycles. The number of nitrogens with zero attached hydrogens (tertiary/aromatic N) is 2. The van der Waals surface area contributed by atoms with Gasteiger partial charge < -0.3 is 14.7 Å². The van der Waals surface area contributed by atoms with Gasteiger partial charge in [0.05, 0.1) is 12.1 Å². The van der Waals surface area contributed by atoms with E-state index in [2.05, 4.69) is 4.98 Å². The Morgan fingerprint density at radius 1 is 0.842 bits per heavy atom. The van der Waals surface area contributed by atoms with Crippen LogP contribution in [0.4, 0.5) is 49.6 Å². The van der Waals surface area contributed by atoms with Gasteiger partial charge in [0.2, 0.25) is 0 Å². The summed E-state index contributed by atoms with van der Waals surface area (Å²) in [6.07, 6.45) is -17.1. The Kier molecular flexibility index (Phi) is 8.44. The van der Waals surface area contributed by atoms with Crippen molar-refractivity contribution in [1.29, 1.82) is 0 Å². The molecule has 3 rings (SSSR count). The molecular weight excluding hydrogens is 538 g/mol. The number of aliphatic hydroxyl groups excluding tert-OH is 1. The van der Waals surface area contributed by atoms with Crippen LogP contribution in [-0.2, 0) is 18.8 Å². The third-order valence-electron chi connectivity index (χ3n) is 5.24. The number of rotatable bonds is 8. The van der Waals surface area contributed by atoms with Crippen molar-refractivity contribution < 1.29 is 53.7 Å². The second-order valence-corrected chi connectivity index (χ2v) is 8.03. The number of pyridine rings is 1. The Balaban J connectivity index is 1.88. The lowest BCUT2D eigenvalue weighted by molar-refractivity contribution is -0.200. The first-order valence-electron chi connectivity index (χ1n) is 10.7. The van der Waals surface area contributed by atoms with Crippen molar-refractivity contribution in [2.24, 2.45) is 0 Å². The maximum Gasteiger partial charge on any atom is 0.433 e. The molecule has 1 atom stereocenters. The van der Waals surface area contributed by atoms with Crippen molar-refractivity contribution in [3.05, 3.63) is 83.4 Å². The first-order chi connectivity index (χ1) is 17.5. The fourth-order valence-electron chi connectivity index (χ4n) is 3.35. The molecule has 0 aliphatic rings. The minimum absolute atomic E-state index is 0.0247. The molecule has 2 aromatic carbocycles. The molecule has 0 aliphatic heterocycles. The maximum atomic E-state index is 14.2. The molecule has 1 heterocycles. The third kappa shape index (κ3) is 7.73. The van der Waals surface area contributed by atoms with Gasteiger partial charge in [-0.15, -0.1) is 0 Å². The van der Waals surface area contributed by atoms with Crippen LogP contribution in [0.5, 0.6) is 11.5 Å². The normalized spacial score (nSPS) is 13.3. The highest BCUT2D eigenvalue weighted by atomic mass is 19.4.